The van der Waals surface area contributed by atoms with E-state index >= 15 is 0 Å². The number of quaternary nitrogens is 1. The van der Waals surface area contributed by atoms with Gasteiger partial charge in [0, 0.05) is 30.0 Å². The first-order valence-electron chi connectivity index (χ1n) is 11.0. The molecule has 6 nitrogen and oxygen atoms in total. The summed E-state index contributed by atoms with van der Waals surface area (Å²) in [5.41, 5.74) is 2.81. The van der Waals surface area contributed by atoms with Crippen molar-refractivity contribution in [2.24, 2.45) is 0 Å². The van der Waals surface area contributed by atoms with Gasteiger partial charge in [-0.2, -0.15) is 0 Å². The molecule has 2 aromatic rings. The second-order valence-electron chi connectivity index (χ2n) is 8.23. The molecule has 0 unspecified atom stereocenters. The maximum Gasteiger partial charge on any atom is 0.279 e. The molecular formula is C24H31N4O2+. The van der Waals surface area contributed by atoms with Crippen molar-refractivity contribution in [1.82, 2.24) is 4.90 Å². The molecule has 4 rings (SSSR count). The summed E-state index contributed by atoms with van der Waals surface area (Å²) in [7, 11) is 0. The number of hydrogen-bond acceptors (Lipinski definition) is 3. The predicted octanol–water partition coefficient (Wildman–Crippen LogP) is 1.66. The molecule has 0 atom stereocenters. The lowest BCUT2D eigenvalue weighted by Crippen LogP contribution is -3.15. The summed E-state index contributed by atoms with van der Waals surface area (Å²) in [5, 5.41) is 3.02. The summed E-state index contributed by atoms with van der Waals surface area (Å²) in [4.78, 5) is 30.5. The van der Waals surface area contributed by atoms with Crippen LogP contribution in [0.1, 0.15) is 29.6 Å². The first-order valence-corrected chi connectivity index (χ1v) is 11.0. The lowest BCUT2D eigenvalue weighted by atomic mass is 10.1. The highest BCUT2D eigenvalue weighted by molar-refractivity contribution is 5.94. The van der Waals surface area contributed by atoms with E-state index < -0.39 is 0 Å². The van der Waals surface area contributed by atoms with Crippen molar-refractivity contribution in [3.63, 3.8) is 0 Å². The zero-order valence-corrected chi connectivity index (χ0v) is 17.5. The molecule has 0 spiro atoms. The van der Waals surface area contributed by atoms with Gasteiger partial charge in [0.15, 0.2) is 6.54 Å². The fourth-order valence-electron chi connectivity index (χ4n) is 4.31. The molecule has 2 fully saturated rings. The Morgan fingerprint density at radius 3 is 2.17 bits per heavy atom. The predicted molar refractivity (Wildman–Crippen MR) is 119 cm³/mol. The van der Waals surface area contributed by atoms with Gasteiger partial charge in [-0.1, -0.05) is 18.2 Å². The van der Waals surface area contributed by atoms with E-state index in [1.165, 1.54) is 29.8 Å². The van der Waals surface area contributed by atoms with Crippen LogP contribution >= 0.6 is 0 Å². The SMILES string of the molecule is O=C(C[NH+]1CCN(C(=O)c2ccccc2)CC1)Nc1ccc(N2CCCCC2)cc1. The van der Waals surface area contributed by atoms with Crippen molar-refractivity contribution in [2.45, 2.75) is 19.3 Å². The van der Waals surface area contributed by atoms with E-state index in [0.717, 1.165) is 37.4 Å². The molecule has 30 heavy (non-hydrogen) atoms. The number of nitrogens with one attached hydrogen (secondary N) is 2. The normalized spacial score (nSPS) is 17.6. The molecule has 2 N–H and O–H groups in total. The number of nitrogens with zero attached hydrogens (tertiary/aromatic N) is 2. The van der Waals surface area contributed by atoms with Crippen LogP contribution in [-0.4, -0.2) is 62.5 Å². The smallest absolute Gasteiger partial charge is 0.279 e. The van der Waals surface area contributed by atoms with Crippen LogP contribution in [0.4, 0.5) is 11.4 Å². The number of piperazine rings is 1. The van der Waals surface area contributed by atoms with Crippen LogP contribution < -0.4 is 15.1 Å². The van der Waals surface area contributed by atoms with Gasteiger partial charge in [-0.05, 0) is 55.7 Å². The van der Waals surface area contributed by atoms with Gasteiger partial charge in [-0.3, -0.25) is 9.59 Å². The van der Waals surface area contributed by atoms with Crippen molar-refractivity contribution in [1.29, 1.82) is 0 Å². The Hall–Kier alpha value is -2.86. The number of amides is 2. The van der Waals surface area contributed by atoms with Gasteiger partial charge in [0.25, 0.3) is 11.8 Å². The molecule has 0 aliphatic carbocycles. The zero-order chi connectivity index (χ0) is 20.8. The van der Waals surface area contributed by atoms with E-state index in [4.69, 9.17) is 0 Å². The van der Waals surface area contributed by atoms with Crippen molar-refractivity contribution >= 4 is 23.2 Å². The van der Waals surface area contributed by atoms with Gasteiger partial charge in [-0.15, -0.1) is 0 Å². The third-order valence-electron chi connectivity index (χ3n) is 6.06. The quantitative estimate of drug-likeness (QED) is 0.793. The molecule has 0 bridgehead atoms. The molecule has 2 heterocycles. The van der Waals surface area contributed by atoms with Gasteiger partial charge < -0.3 is 20.0 Å². The van der Waals surface area contributed by atoms with Crippen LogP contribution in [0, 0.1) is 0 Å². The summed E-state index contributed by atoms with van der Waals surface area (Å²) in [6, 6.07) is 17.6. The zero-order valence-electron chi connectivity index (χ0n) is 17.5. The number of carbonyl (C=O) groups excluding carboxylic acids is 2. The fourth-order valence-corrected chi connectivity index (χ4v) is 4.31. The maximum absolute atomic E-state index is 12.5. The Balaban J connectivity index is 1.22. The van der Waals surface area contributed by atoms with E-state index in [2.05, 4.69) is 22.3 Å². The number of rotatable bonds is 5. The Labute approximate surface area is 178 Å². The topological polar surface area (TPSA) is 57.1 Å². The summed E-state index contributed by atoms with van der Waals surface area (Å²) < 4.78 is 0. The number of anilines is 2. The minimum absolute atomic E-state index is 0.0264. The highest BCUT2D eigenvalue weighted by Crippen LogP contribution is 2.21. The van der Waals surface area contributed by atoms with Crippen LogP contribution in [0.2, 0.25) is 0 Å². The lowest BCUT2D eigenvalue weighted by Gasteiger charge is -2.32. The van der Waals surface area contributed by atoms with Crippen molar-refractivity contribution in [3.8, 4) is 0 Å². The minimum Gasteiger partial charge on any atom is -0.372 e. The van der Waals surface area contributed by atoms with Crippen LogP contribution in [0.3, 0.4) is 0 Å². The van der Waals surface area contributed by atoms with E-state index in [1.807, 2.05) is 47.4 Å². The van der Waals surface area contributed by atoms with E-state index in [0.29, 0.717) is 19.6 Å². The van der Waals surface area contributed by atoms with Crippen LogP contribution in [-0.2, 0) is 4.79 Å². The Morgan fingerprint density at radius 2 is 1.50 bits per heavy atom. The van der Waals surface area contributed by atoms with Gasteiger partial charge in [0.05, 0.1) is 26.2 Å². The number of carbonyl (C=O) groups is 2. The third kappa shape index (κ3) is 5.19. The van der Waals surface area contributed by atoms with E-state index in [9.17, 15) is 9.59 Å². The molecular weight excluding hydrogens is 376 g/mol. The van der Waals surface area contributed by atoms with Crippen LogP contribution in [0.5, 0.6) is 0 Å². The van der Waals surface area contributed by atoms with Gasteiger partial charge in [0.1, 0.15) is 0 Å². The summed E-state index contributed by atoms with van der Waals surface area (Å²) >= 11 is 0. The second kappa shape index (κ2) is 9.76. The molecule has 2 aliphatic heterocycles. The second-order valence-corrected chi connectivity index (χ2v) is 8.23. The number of piperidine rings is 1. The van der Waals surface area contributed by atoms with E-state index in [1.54, 1.807) is 0 Å². The Morgan fingerprint density at radius 1 is 0.833 bits per heavy atom. The van der Waals surface area contributed by atoms with Gasteiger partial charge in [0.2, 0.25) is 0 Å². The molecule has 2 amide bonds. The van der Waals surface area contributed by atoms with Crippen LogP contribution in [0.25, 0.3) is 0 Å². The van der Waals surface area contributed by atoms with Gasteiger partial charge in [-0.25, -0.2) is 0 Å². The van der Waals surface area contributed by atoms with E-state index in [-0.39, 0.29) is 11.8 Å². The Kier molecular flexibility index (Phi) is 6.64. The summed E-state index contributed by atoms with van der Waals surface area (Å²) in [6.07, 6.45) is 3.83. The van der Waals surface area contributed by atoms with Crippen LogP contribution in [0.15, 0.2) is 54.6 Å². The molecule has 0 aromatic heterocycles. The molecule has 2 aliphatic rings. The number of benzene rings is 2. The third-order valence-corrected chi connectivity index (χ3v) is 6.06. The largest absolute Gasteiger partial charge is 0.372 e. The average Bonchev–Trinajstić information content (AvgIpc) is 2.81. The first kappa shape index (κ1) is 20.4. The molecule has 158 valence electrons. The molecule has 6 heteroatoms. The Bertz CT molecular complexity index is 839. The molecule has 0 radical (unpaired) electrons. The standard InChI is InChI=1S/C24H30N4O2/c29-23(25-21-9-11-22(12-10-21)27-13-5-2-6-14-27)19-26-15-17-28(18-16-26)24(30)20-7-3-1-4-8-20/h1,3-4,7-12H,2,5-6,13-19H2,(H,25,29)/p+1. The maximum atomic E-state index is 12.5. The molecule has 0 saturated carbocycles. The highest BCUT2D eigenvalue weighted by atomic mass is 16.2. The summed E-state index contributed by atoms with van der Waals surface area (Å²) in [6.45, 7) is 5.62. The first-order chi connectivity index (χ1) is 14.7. The minimum atomic E-state index is 0.0264. The van der Waals surface area contributed by atoms with Crippen molar-refractivity contribution < 1.29 is 14.5 Å². The molecule has 2 saturated heterocycles. The van der Waals surface area contributed by atoms with Crippen molar-refractivity contribution in [2.75, 3.05) is 56.0 Å². The number of hydrogen-bond donors (Lipinski definition) is 2. The van der Waals surface area contributed by atoms with Crippen molar-refractivity contribution in [3.05, 3.63) is 60.2 Å². The molecule has 2 aromatic carbocycles. The summed E-state index contributed by atoms with van der Waals surface area (Å²) in [5.74, 6) is 0.103. The fraction of sp³-hybridized carbons (Fsp3) is 0.417. The van der Waals surface area contributed by atoms with Gasteiger partial charge >= 0.3 is 0 Å². The average molecular weight is 408 g/mol. The lowest BCUT2D eigenvalue weighted by molar-refractivity contribution is -0.895. The highest BCUT2D eigenvalue weighted by Gasteiger charge is 2.25. The monoisotopic (exact) mass is 407 g/mol.